The minimum Gasteiger partial charge on any atom is -0.292 e. The lowest BCUT2D eigenvalue weighted by Gasteiger charge is -2.19. The number of hydrogen-bond acceptors (Lipinski definition) is 2. The molecule has 0 fully saturated rings. The first-order valence-electron chi connectivity index (χ1n) is 6.69. The minimum absolute atomic E-state index is 0.207. The number of aromatic nitrogens is 2. The molecule has 4 heteroatoms. The van der Waals surface area contributed by atoms with E-state index in [-0.39, 0.29) is 5.82 Å². The molecule has 0 saturated carbocycles. The number of benzene rings is 2. The van der Waals surface area contributed by atoms with Gasteiger partial charge in [-0.25, -0.2) is 9.37 Å². The molecule has 5 rings (SSSR count). The number of pyridine rings is 1. The third kappa shape index (κ3) is 1.40. The molecule has 0 unspecified atom stereocenters. The van der Waals surface area contributed by atoms with Crippen molar-refractivity contribution >= 4 is 33.7 Å². The number of rotatable bonds is 0. The predicted octanol–water partition coefficient (Wildman–Crippen LogP) is 4.78. The summed E-state index contributed by atoms with van der Waals surface area (Å²) < 4.78 is 15.7. The van der Waals surface area contributed by atoms with E-state index < -0.39 is 0 Å². The summed E-state index contributed by atoms with van der Waals surface area (Å²) in [7, 11) is 0. The van der Waals surface area contributed by atoms with Crippen LogP contribution in [0.2, 0.25) is 0 Å². The van der Waals surface area contributed by atoms with Crippen LogP contribution >= 0.6 is 11.8 Å². The molecule has 1 aliphatic rings. The van der Waals surface area contributed by atoms with Crippen molar-refractivity contribution in [3.63, 3.8) is 0 Å². The Kier molecular flexibility index (Phi) is 2.08. The van der Waals surface area contributed by atoms with Crippen LogP contribution in [0.4, 0.5) is 4.39 Å². The van der Waals surface area contributed by atoms with Gasteiger partial charge >= 0.3 is 0 Å². The number of halogens is 1. The van der Waals surface area contributed by atoms with E-state index in [1.165, 1.54) is 11.5 Å². The lowest BCUT2D eigenvalue weighted by molar-refractivity contribution is 0.623. The second-order valence-electron chi connectivity index (χ2n) is 5.08. The molecule has 0 saturated heterocycles. The monoisotopic (exact) mass is 292 g/mol. The van der Waals surface area contributed by atoms with Gasteiger partial charge in [-0.2, -0.15) is 0 Å². The third-order valence-corrected chi connectivity index (χ3v) is 4.99. The van der Waals surface area contributed by atoms with Gasteiger partial charge in [0.05, 0.1) is 11.2 Å². The predicted molar refractivity (Wildman–Crippen MR) is 82.7 cm³/mol. The Morgan fingerprint density at radius 1 is 0.952 bits per heavy atom. The fourth-order valence-corrected chi connectivity index (χ4v) is 4.17. The second-order valence-corrected chi connectivity index (χ2v) is 6.16. The smallest absolute Gasteiger partial charge is 0.145 e. The van der Waals surface area contributed by atoms with E-state index in [2.05, 4.69) is 27.8 Å². The maximum atomic E-state index is 13.6. The van der Waals surface area contributed by atoms with Crippen LogP contribution in [0.1, 0.15) is 0 Å². The summed E-state index contributed by atoms with van der Waals surface area (Å²) >= 11 is 1.62. The number of para-hydroxylation sites is 1. The van der Waals surface area contributed by atoms with Gasteiger partial charge < -0.3 is 0 Å². The molecule has 100 valence electrons. The van der Waals surface area contributed by atoms with Crippen LogP contribution < -0.4 is 0 Å². The quantitative estimate of drug-likeness (QED) is 0.408. The first-order valence-corrected chi connectivity index (χ1v) is 7.50. The Hall–Kier alpha value is -2.33. The van der Waals surface area contributed by atoms with E-state index >= 15 is 0 Å². The van der Waals surface area contributed by atoms with Gasteiger partial charge in [-0.1, -0.05) is 23.9 Å². The molecule has 0 amide bonds. The van der Waals surface area contributed by atoms with Crippen molar-refractivity contribution in [1.29, 1.82) is 0 Å². The molecule has 2 nitrogen and oxygen atoms in total. The van der Waals surface area contributed by atoms with Crippen LogP contribution in [-0.2, 0) is 0 Å². The van der Waals surface area contributed by atoms with Crippen molar-refractivity contribution in [2.45, 2.75) is 9.79 Å². The van der Waals surface area contributed by atoms with Crippen molar-refractivity contribution < 1.29 is 4.39 Å². The Morgan fingerprint density at radius 3 is 2.81 bits per heavy atom. The van der Waals surface area contributed by atoms with E-state index in [9.17, 15) is 4.39 Å². The summed E-state index contributed by atoms with van der Waals surface area (Å²) in [5.74, 6) is -0.207. The van der Waals surface area contributed by atoms with E-state index in [1.54, 1.807) is 24.0 Å². The first-order chi connectivity index (χ1) is 10.3. The highest BCUT2D eigenvalue weighted by molar-refractivity contribution is 7.99. The fraction of sp³-hybridized carbons (Fsp3) is 0. The summed E-state index contributed by atoms with van der Waals surface area (Å²) in [5.41, 5.74) is 3.09. The molecule has 0 spiro atoms. The normalized spacial score (nSPS) is 12.8. The van der Waals surface area contributed by atoms with Crippen molar-refractivity contribution in [1.82, 2.24) is 9.55 Å². The Balaban J connectivity index is 2.07. The molecular weight excluding hydrogens is 283 g/mol. The average Bonchev–Trinajstić information content (AvgIpc) is 2.84. The van der Waals surface area contributed by atoms with Crippen LogP contribution in [0.25, 0.3) is 27.6 Å². The highest BCUT2D eigenvalue weighted by atomic mass is 32.2. The van der Waals surface area contributed by atoms with Crippen molar-refractivity contribution in [3.8, 4) is 5.69 Å². The Morgan fingerprint density at radius 2 is 1.86 bits per heavy atom. The summed E-state index contributed by atoms with van der Waals surface area (Å²) in [6.45, 7) is 0. The zero-order valence-electron chi connectivity index (χ0n) is 10.9. The van der Waals surface area contributed by atoms with Gasteiger partial charge in [0, 0.05) is 26.8 Å². The summed E-state index contributed by atoms with van der Waals surface area (Å²) in [4.78, 5) is 6.62. The average molecular weight is 292 g/mol. The molecule has 21 heavy (non-hydrogen) atoms. The maximum absolute atomic E-state index is 13.6. The molecule has 3 heterocycles. The van der Waals surface area contributed by atoms with Crippen molar-refractivity contribution in [3.05, 3.63) is 60.5 Å². The standard InChI is InChI=1S/C17H9FN2S/c18-10-6-7-13-15(9-10)21-14-5-1-3-11-12-4-2-8-19-17(12)20(13)16(11)14/h1-9H. The summed E-state index contributed by atoms with van der Waals surface area (Å²) in [6, 6.07) is 15.2. The van der Waals surface area contributed by atoms with Crippen LogP contribution in [0.3, 0.4) is 0 Å². The molecule has 2 aromatic carbocycles. The lowest BCUT2D eigenvalue weighted by Crippen LogP contribution is -2.02. The molecule has 0 aliphatic carbocycles. The highest BCUT2D eigenvalue weighted by Crippen LogP contribution is 2.46. The Labute approximate surface area is 124 Å². The number of fused-ring (bicyclic) bond motifs is 5. The van der Waals surface area contributed by atoms with Gasteiger partial charge in [0.15, 0.2) is 0 Å². The second kappa shape index (κ2) is 3.86. The Bertz CT molecular complexity index is 1040. The summed E-state index contributed by atoms with van der Waals surface area (Å²) in [5, 5.41) is 2.32. The van der Waals surface area contributed by atoms with E-state index in [4.69, 9.17) is 0 Å². The lowest BCUT2D eigenvalue weighted by atomic mass is 10.2. The van der Waals surface area contributed by atoms with Gasteiger partial charge in [0.2, 0.25) is 0 Å². The molecule has 0 radical (unpaired) electrons. The molecule has 0 N–H and O–H groups in total. The van der Waals surface area contributed by atoms with Gasteiger partial charge in [-0.05, 0) is 36.4 Å². The van der Waals surface area contributed by atoms with Gasteiger partial charge in [-0.15, -0.1) is 0 Å². The van der Waals surface area contributed by atoms with E-state index in [0.717, 1.165) is 32.0 Å². The third-order valence-electron chi connectivity index (χ3n) is 3.89. The largest absolute Gasteiger partial charge is 0.292 e. The topological polar surface area (TPSA) is 17.8 Å². The zero-order chi connectivity index (χ0) is 14.0. The zero-order valence-corrected chi connectivity index (χ0v) is 11.7. The molecule has 2 aromatic heterocycles. The number of hydrogen-bond donors (Lipinski definition) is 0. The van der Waals surface area contributed by atoms with Crippen molar-refractivity contribution in [2.24, 2.45) is 0 Å². The molecule has 4 aromatic rings. The van der Waals surface area contributed by atoms with Gasteiger partial charge in [0.25, 0.3) is 0 Å². The maximum Gasteiger partial charge on any atom is 0.145 e. The van der Waals surface area contributed by atoms with Gasteiger partial charge in [0.1, 0.15) is 11.5 Å². The van der Waals surface area contributed by atoms with Crippen LogP contribution in [0.15, 0.2) is 64.5 Å². The molecule has 0 atom stereocenters. The molecular formula is C17H9FN2S. The van der Waals surface area contributed by atoms with Crippen LogP contribution in [0, 0.1) is 5.82 Å². The van der Waals surface area contributed by atoms with Crippen LogP contribution in [-0.4, -0.2) is 9.55 Å². The molecule has 1 aliphatic heterocycles. The summed E-state index contributed by atoms with van der Waals surface area (Å²) in [6.07, 6.45) is 1.80. The molecule has 0 bridgehead atoms. The van der Waals surface area contributed by atoms with E-state index in [0.29, 0.717) is 0 Å². The number of nitrogens with zero attached hydrogens (tertiary/aromatic N) is 2. The SMILES string of the molecule is Fc1ccc2c(c1)Sc1cccc3c4cccnc4n-2c13. The van der Waals surface area contributed by atoms with E-state index in [1.807, 2.05) is 18.2 Å². The van der Waals surface area contributed by atoms with Crippen molar-refractivity contribution in [2.75, 3.05) is 0 Å². The first kappa shape index (κ1) is 11.3. The fourth-order valence-electron chi connectivity index (χ4n) is 3.05. The minimum atomic E-state index is -0.207. The van der Waals surface area contributed by atoms with Crippen LogP contribution in [0.5, 0.6) is 0 Å². The van der Waals surface area contributed by atoms with Gasteiger partial charge in [-0.3, -0.25) is 4.57 Å². The highest BCUT2D eigenvalue weighted by Gasteiger charge is 2.23.